The smallest absolute Gasteiger partial charge is 0.302 e. The monoisotopic (exact) mass is 434 g/mol. The molecule has 0 radical (unpaired) electrons. The maximum absolute atomic E-state index is 12.4. The Balaban J connectivity index is 1.56. The molecule has 0 aliphatic heterocycles. The zero-order chi connectivity index (χ0) is 22.6. The number of carbonyl (C=O) groups excluding carboxylic acids is 2. The summed E-state index contributed by atoms with van der Waals surface area (Å²) in [5, 5.41) is 24.8. The molecule has 6 heteroatoms. The molecule has 5 saturated carbocycles. The number of rotatable bonds is 3. The molecule has 0 aromatic heterocycles. The van der Waals surface area contributed by atoms with Crippen molar-refractivity contribution >= 4 is 11.9 Å². The number of aliphatic hydroxyl groups is 2. The Morgan fingerprint density at radius 3 is 2.23 bits per heavy atom. The highest BCUT2D eigenvalue weighted by molar-refractivity contribution is 5.66. The van der Waals surface area contributed by atoms with E-state index in [0.717, 1.165) is 32.1 Å². The van der Waals surface area contributed by atoms with E-state index in [1.54, 1.807) is 0 Å². The van der Waals surface area contributed by atoms with Crippen LogP contribution >= 0.6 is 0 Å². The van der Waals surface area contributed by atoms with Crippen molar-refractivity contribution in [3.63, 3.8) is 0 Å². The van der Waals surface area contributed by atoms with Crippen LogP contribution in [0.2, 0.25) is 0 Å². The highest BCUT2D eigenvalue weighted by Gasteiger charge is 2.84. The van der Waals surface area contributed by atoms with E-state index in [9.17, 15) is 19.8 Å². The van der Waals surface area contributed by atoms with Gasteiger partial charge in [0, 0.05) is 37.0 Å². The van der Waals surface area contributed by atoms with Crippen molar-refractivity contribution < 1.29 is 29.3 Å². The Morgan fingerprint density at radius 2 is 1.61 bits per heavy atom. The van der Waals surface area contributed by atoms with Crippen molar-refractivity contribution in [3.05, 3.63) is 0 Å². The molecule has 0 aromatic carbocycles. The second-order valence-electron chi connectivity index (χ2n) is 12.0. The minimum absolute atomic E-state index is 0.0137. The largest absolute Gasteiger partial charge is 0.463 e. The molecule has 5 rings (SSSR count). The molecule has 2 N–H and O–H groups in total. The lowest BCUT2D eigenvalue weighted by molar-refractivity contribution is -0.312. The van der Waals surface area contributed by atoms with Crippen molar-refractivity contribution in [1.29, 1.82) is 0 Å². The summed E-state index contributed by atoms with van der Waals surface area (Å²) in [5.41, 5.74) is -3.35. The van der Waals surface area contributed by atoms with Crippen LogP contribution in [-0.4, -0.2) is 45.6 Å². The van der Waals surface area contributed by atoms with Crippen LogP contribution in [-0.2, 0) is 19.1 Å². The fraction of sp³-hybridized carbons (Fsp3) is 0.920. The molecule has 0 heterocycles. The van der Waals surface area contributed by atoms with E-state index in [2.05, 4.69) is 13.8 Å². The van der Waals surface area contributed by atoms with Crippen LogP contribution in [0.5, 0.6) is 0 Å². The van der Waals surface area contributed by atoms with Gasteiger partial charge in [-0.1, -0.05) is 13.8 Å². The average molecular weight is 435 g/mol. The fourth-order valence-corrected chi connectivity index (χ4v) is 9.79. The van der Waals surface area contributed by atoms with Crippen molar-refractivity contribution in [2.45, 2.75) is 109 Å². The van der Waals surface area contributed by atoms with Gasteiger partial charge in [-0.05, 0) is 69.1 Å². The molecule has 6 nitrogen and oxygen atoms in total. The third-order valence-corrected chi connectivity index (χ3v) is 11.1. The Labute approximate surface area is 185 Å². The minimum Gasteiger partial charge on any atom is -0.463 e. The van der Waals surface area contributed by atoms with E-state index in [-0.39, 0.29) is 46.8 Å². The van der Waals surface area contributed by atoms with Crippen LogP contribution < -0.4 is 0 Å². The Hall–Kier alpha value is -1.14. The first kappa shape index (κ1) is 21.7. The van der Waals surface area contributed by atoms with E-state index in [1.165, 1.54) is 13.8 Å². The van der Waals surface area contributed by atoms with Gasteiger partial charge in [0.05, 0.1) is 5.60 Å². The Kier molecular flexibility index (Phi) is 4.37. The number of esters is 2. The van der Waals surface area contributed by atoms with E-state index >= 15 is 0 Å². The van der Waals surface area contributed by atoms with E-state index in [1.807, 2.05) is 6.92 Å². The first-order valence-corrected chi connectivity index (χ1v) is 12.1. The van der Waals surface area contributed by atoms with Gasteiger partial charge in [0.1, 0.15) is 17.8 Å². The van der Waals surface area contributed by atoms with Gasteiger partial charge in [-0.15, -0.1) is 0 Å². The summed E-state index contributed by atoms with van der Waals surface area (Å²) in [5.74, 6) is -0.0827. The summed E-state index contributed by atoms with van der Waals surface area (Å²) in [4.78, 5) is 23.6. The summed E-state index contributed by atoms with van der Waals surface area (Å²) >= 11 is 0. The van der Waals surface area contributed by atoms with Gasteiger partial charge in [-0.25, -0.2) is 0 Å². The Bertz CT molecular complexity index is 827. The SMILES string of the molecule is CC(=O)O[C@H](C)[C@H]1CC[C@@]2(O)[C@]1(C)CC[C@@H]1[C@@]3(C)CC[C@@H]4C[C@@]43[C@H](OC(C)=O)C[C@]12O. The van der Waals surface area contributed by atoms with Crippen LogP contribution in [0.4, 0.5) is 0 Å². The van der Waals surface area contributed by atoms with Crippen LogP contribution in [0.15, 0.2) is 0 Å². The standard InChI is InChI=1S/C25H38O6/c1-14(30-15(2)26)18-7-11-25(29)21(18,4)10-8-19-22(5)9-6-17-12-23(17,22)20(31-16(3)27)13-24(19,25)28/h14,17-20,28-29H,6-13H2,1-5H3/t14-,17-,18-,19-,20-,21-,22-,23+,24+,25-/m1/s1. The van der Waals surface area contributed by atoms with Gasteiger partial charge in [0.25, 0.3) is 0 Å². The number of carbonyl (C=O) groups is 2. The molecule has 5 aliphatic rings. The summed E-state index contributed by atoms with van der Waals surface area (Å²) < 4.78 is 11.5. The molecule has 1 spiro atoms. The number of fused-ring (bicyclic) bond motifs is 4. The van der Waals surface area contributed by atoms with E-state index < -0.39 is 16.6 Å². The lowest BCUT2D eigenvalue weighted by Crippen LogP contribution is -2.75. The van der Waals surface area contributed by atoms with Crippen molar-refractivity contribution in [2.75, 3.05) is 0 Å². The first-order valence-electron chi connectivity index (χ1n) is 12.1. The van der Waals surface area contributed by atoms with Gasteiger partial charge >= 0.3 is 11.9 Å². The molecule has 0 unspecified atom stereocenters. The third kappa shape index (κ3) is 2.36. The minimum atomic E-state index is -1.32. The third-order valence-electron chi connectivity index (χ3n) is 11.1. The molecule has 0 amide bonds. The van der Waals surface area contributed by atoms with E-state index in [0.29, 0.717) is 25.2 Å². The molecule has 0 saturated heterocycles. The van der Waals surface area contributed by atoms with Gasteiger partial charge in [-0.3, -0.25) is 9.59 Å². The number of hydrogen-bond donors (Lipinski definition) is 2. The zero-order valence-corrected chi connectivity index (χ0v) is 19.6. The van der Waals surface area contributed by atoms with E-state index in [4.69, 9.17) is 9.47 Å². The van der Waals surface area contributed by atoms with Crippen molar-refractivity contribution in [3.8, 4) is 0 Å². The average Bonchev–Trinajstić information content (AvgIpc) is 3.22. The molecule has 5 fully saturated rings. The van der Waals surface area contributed by atoms with Gasteiger partial charge in [0.15, 0.2) is 0 Å². The molecule has 174 valence electrons. The molecule has 31 heavy (non-hydrogen) atoms. The molecular formula is C25H38O6. The zero-order valence-electron chi connectivity index (χ0n) is 19.6. The molecular weight excluding hydrogens is 396 g/mol. The summed E-state index contributed by atoms with van der Waals surface area (Å²) in [6.07, 6.45) is 5.68. The van der Waals surface area contributed by atoms with Crippen LogP contribution in [0, 0.1) is 34.0 Å². The predicted octanol–water partition coefficient (Wildman–Crippen LogP) is 3.37. The van der Waals surface area contributed by atoms with Gasteiger partial charge in [-0.2, -0.15) is 0 Å². The highest BCUT2D eigenvalue weighted by Crippen LogP contribution is 2.83. The van der Waals surface area contributed by atoms with Crippen molar-refractivity contribution in [1.82, 2.24) is 0 Å². The second kappa shape index (κ2) is 6.25. The van der Waals surface area contributed by atoms with Crippen LogP contribution in [0.25, 0.3) is 0 Å². The summed E-state index contributed by atoms with van der Waals surface area (Å²) in [6, 6.07) is 0. The summed E-state index contributed by atoms with van der Waals surface area (Å²) in [6.45, 7) is 9.13. The van der Waals surface area contributed by atoms with Crippen molar-refractivity contribution in [2.24, 2.45) is 34.0 Å². The number of ether oxygens (including phenoxy) is 2. The molecule has 0 bridgehead atoms. The second-order valence-corrected chi connectivity index (χ2v) is 12.0. The maximum Gasteiger partial charge on any atom is 0.302 e. The molecule has 0 aromatic rings. The lowest BCUT2D eigenvalue weighted by Gasteiger charge is -2.67. The normalized spacial score (nSPS) is 55.3. The van der Waals surface area contributed by atoms with Crippen LogP contribution in [0.1, 0.15) is 86.0 Å². The molecule has 10 atom stereocenters. The fourth-order valence-electron chi connectivity index (χ4n) is 9.79. The maximum atomic E-state index is 12.4. The molecule has 5 aliphatic carbocycles. The van der Waals surface area contributed by atoms with Crippen LogP contribution in [0.3, 0.4) is 0 Å². The summed E-state index contributed by atoms with van der Waals surface area (Å²) in [7, 11) is 0. The predicted molar refractivity (Wildman–Crippen MR) is 113 cm³/mol. The lowest BCUT2D eigenvalue weighted by atomic mass is 9.42. The van der Waals surface area contributed by atoms with Gasteiger partial charge < -0.3 is 19.7 Å². The first-order chi connectivity index (χ1) is 14.4. The Morgan fingerprint density at radius 1 is 0.935 bits per heavy atom. The topological polar surface area (TPSA) is 93.1 Å². The quantitative estimate of drug-likeness (QED) is 0.662. The number of hydrogen-bond acceptors (Lipinski definition) is 6. The highest BCUT2D eigenvalue weighted by atomic mass is 16.5. The van der Waals surface area contributed by atoms with Gasteiger partial charge in [0.2, 0.25) is 0 Å².